The molecule has 3 nitrogen and oxygen atoms in total. The molecule has 17 heavy (non-hydrogen) atoms. The van der Waals surface area contributed by atoms with E-state index in [1.165, 1.54) is 25.7 Å². The van der Waals surface area contributed by atoms with Gasteiger partial charge in [0.05, 0.1) is 0 Å². The predicted octanol–water partition coefficient (Wildman–Crippen LogP) is 3.50. The first-order chi connectivity index (χ1) is 7.90. The van der Waals surface area contributed by atoms with E-state index in [0.29, 0.717) is 11.8 Å². The standard InChI is InChI=1S/C14H25NO2/c1-5-11-6-8-12(9-7-11)10-15-13(16)17-14(2,3)4/h5,11-12H,1,6-10H2,2-4H3,(H,15,16)/t11-,12-. The minimum absolute atomic E-state index is 0.302. The summed E-state index contributed by atoms with van der Waals surface area (Å²) < 4.78 is 5.20. The van der Waals surface area contributed by atoms with Crippen molar-refractivity contribution in [1.82, 2.24) is 5.32 Å². The first-order valence-electron chi connectivity index (χ1n) is 6.50. The second-order valence-corrected chi connectivity index (χ2v) is 5.90. The zero-order valence-electron chi connectivity index (χ0n) is 11.3. The van der Waals surface area contributed by atoms with Gasteiger partial charge >= 0.3 is 6.09 Å². The molecular weight excluding hydrogens is 214 g/mol. The quantitative estimate of drug-likeness (QED) is 0.765. The van der Waals surface area contributed by atoms with Gasteiger partial charge in [0.15, 0.2) is 0 Å². The summed E-state index contributed by atoms with van der Waals surface area (Å²) in [6.45, 7) is 10.2. The van der Waals surface area contributed by atoms with Crippen molar-refractivity contribution in [3.8, 4) is 0 Å². The van der Waals surface area contributed by atoms with E-state index in [4.69, 9.17) is 4.74 Å². The Kier molecular flexibility index (Phi) is 5.03. The lowest BCUT2D eigenvalue weighted by atomic mass is 9.82. The smallest absolute Gasteiger partial charge is 0.407 e. The number of hydrogen-bond donors (Lipinski definition) is 1. The van der Waals surface area contributed by atoms with Gasteiger partial charge < -0.3 is 10.1 Å². The number of amides is 1. The molecule has 0 aromatic carbocycles. The van der Waals surface area contributed by atoms with Gasteiger partial charge in [-0.15, -0.1) is 6.58 Å². The SMILES string of the molecule is C=C[C@H]1CC[C@H](CNC(=O)OC(C)(C)C)CC1. The molecule has 1 rings (SSSR count). The van der Waals surface area contributed by atoms with Gasteiger partial charge in [-0.1, -0.05) is 6.08 Å². The van der Waals surface area contributed by atoms with E-state index in [9.17, 15) is 4.79 Å². The third-order valence-corrected chi connectivity index (χ3v) is 3.16. The van der Waals surface area contributed by atoms with E-state index in [-0.39, 0.29) is 6.09 Å². The van der Waals surface area contributed by atoms with Crippen LogP contribution in [0.3, 0.4) is 0 Å². The number of nitrogens with one attached hydrogen (secondary N) is 1. The van der Waals surface area contributed by atoms with Crippen LogP contribution in [0.4, 0.5) is 4.79 Å². The van der Waals surface area contributed by atoms with Crippen LogP contribution in [-0.4, -0.2) is 18.2 Å². The van der Waals surface area contributed by atoms with Crippen molar-refractivity contribution in [2.45, 2.75) is 52.1 Å². The molecule has 0 radical (unpaired) electrons. The second kappa shape index (κ2) is 6.08. The van der Waals surface area contributed by atoms with Gasteiger partial charge in [0, 0.05) is 6.54 Å². The molecule has 98 valence electrons. The van der Waals surface area contributed by atoms with Crippen LogP contribution in [0.25, 0.3) is 0 Å². The van der Waals surface area contributed by atoms with Gasteiger partial charge in [-0.25, -0.2) is 4.79 Å². The predicted molar refractivity (Wildman–Crippen MR) is 69.9 cm³/mol. The first kappa shape index (κ1) is 14.1. The summed E-state index contributed by atoms with van der Waals surface area (Å²) in [6.07, 6.45) is 6.49. The summed E-state index contributed by atoms with van der Waals surface area (Å²) in [5.41, 5.74) is -0.412. The molecule has 0 heterocycles. The van der Waals surface area contributed by atoms with Crippen LogP contribution in [-0.2, 0) is 4.74 Å². The molecule has 0 saturated heterocycles. The van der Waals surface area contributed by atoms with Crippen LogP contribution in [0, 0.1) is 11.8 Å². The van der Waals surface area contributed by atoms with Crippen LogP contribution in [0.5, 0.6) is 0 Å². The van der Waals surface area contributed by atoms with Gasteiger partial charge in [-0.2, -0.15) is 0 Å². The maximum Gasteiger partial charge on any atom is 0.407 e. The average molecular weight is 239 g/mol. The lowest BCUT2D eigenvalue weighted by Crippen LogP contribution is -2.36. The zero-order valence-corrected chi connectivity index (χ0v) is 11.3. The van der Waals surface area contributed by atoms with E-state index >= 15 is 0 Å². The summed E-state index contributed by atoms with van der Waals surface area (Å²) in [7, 11) is 0. The molecule has 0 aliphatic heterocycles. The Morgan fingerprint density at radius 2 is 1.94 bits per heavy atom. The van der Waals surface area contributed by atoms with Crippen LogP contribution in [0.15, 0.2) is 12.7 Å². The number of hydrogen-bond acceptors (Lipinski definition) is 2. The number of rotatable bonds is 3. The molecule has 0 unspecified atom stereocenters. The highest BCUT2D eigenvalue weighted by atomic mass is 16.6. The molecule has 1 aliphatic rings. The number of ether oxygens (including phenoxy) is 1. The Morgan fingerprint density at radius 1 is 1.35 bits per heavy atom. The van der Waals surface area contributed by atoms with Gasteiger partial charge in [0.2, 0.25) is 0 Å². The van der Waals surface area contributed by atoms with Gasteiger partial charge in [0.1, 0.15) is 5.60 Å². The Balaban J connectivity index is 2.19. The van der Waals surface area contributed by atoms with Gasteiger partial charge in [-0.05, 0) is 58.3 Å². The van der Waals surface area contributed by atoms with Crippen molar-refractivity contribution in [3.63, 3.8) is 0 Å². The van der Waals surface area contributed by atoms with Gasteiger partial charge in [-0.3, -0.25) is 0 Å². The molecular formula is C14H25NO2. The van der Waals surface area contributed by atoms with E-state index in [2.05, 4.69) is 18.0 Å². The van der Waals surface area contributed by atoms with Crippen molar-refractivity contribution in [3.05, 3.63) is 12.7 Å². The topological polar surface area (TPSA) is 38.3 Å². The zero-order chi connectivity index (χ0) is 12.9. The highest BCUT2D eigenvalue weighted by molar-refractivity contribution is 5.67. The third-order valence-electron chi connectivity index (χ3n) is 3.16. The maximum absolute atomic E-state index is 11.5. The molecule has 1 N–H and O–H groups in total. The lowest BCUT2D eigenvalue weighted by Gasteiger charge is -2.27. The lowest BCUT2D eigenvalue weighted by molar-refractivity contribution is 0.0514. The molecule has 0 aromatic heterocycles. The van der Waals surface area contributed by atoms with Crippen molar-refractivity contribution in [2.24, 2.45) is 11.8 Å². The number of allylic oxidation sites excluding steroid dienone is 1. The highest BCUT2D eigenvalue weighted by Gasteiger charge is 2.21. The van der Waals surface area contributed by atoms with Crippen molar-refractivity contribution in [2.75, 3.05) is 6.54 Å². The minimum Gasteiger partial charge on any atom is -0.444 e. The summed E-state index contributed by atoms with van der Waals surface area (Å²) in [4.78, 5) is 11.5. The van der Waals surface area contributed by atoms with E-state index in [1.54, 1.807) is 0 Å². The Morgan fingerprint density at radius 3 is 2.41 bits per heavy atom. The molecule has 3 heteroatoms. The molecule has 1 amide bonds. The van der Waals surface area contributed by atoms with Crippen molar-refractivity contribution >= 4 is 6.09 Å². The molecule has 1 fully saturated rings. The number of alkyl carbamates (subject to hydrolysis) is 1. The summed E-state index contributed by atoms with van der Waals surface area (Å²) in [5.74, 6) is 1.27. The van der Waals surface area contributed by atoms with Gasteiger partial charge in [0.25, 0.3) is 0 Å². The monoisotopic (exact) mass is 239 g/mol. The van der Waals surface area contributed by atoms with Crippen LogP contribution in [0.2, 0.25) is 0 Å². The molecule has 1 saturated carbocycles. The van der Waals surface area contributed by atoms with E-state index in [1.807, 2.05) is 20.8 Å². The van der Waals surface area contributed by atoms with E-state index < -0.39 is 5.60 Å². The largest absolute Gasteiger partial charge is 0.444 e. The molecule has 0 bridgehead atoms. The second-order valence-electron chi connectivity index (χ2n) is 5.90. The first-order valence-corrected chi connectivity index (χ1v) is 6.50. The fraction of sp³-hybridized carbons (Fsp3) is 0.786. The van der Waals surface area contributed by atoms with Crippen LogP contribution < -0.4 is 5.32 Å². The molecule has 1 aliphatic carbocycles. The molecule has 0 atom stereocenters. The third kappa shape index (κ3) is 5.76. The Hall–Kier alpha value is -0.990. The van der Waals surface area contributed by atoms with Crippen molar-refractivity contribution < 1.29 is 9.53 Å². The molecule has 0 aromatic rings. The van der Waals surface area contributed by atoms with Crippen LogP contribution >= 0.6 is 0 Å². The fourth-order valence-electron chi connectivity index (χ4n) is 2.17. The Bertz CT molecular complexity index is 260. The number of carbonyl (C=O) groups is 1. The van der Waals surface area contributed by atoms with Crippen LogP contribution in [0.1, 0.15) is 46.5 Å². The van der Waals surface area contributed by atoms with E-state index in [0.717, 1.165) is 6.54 Å². The minimum atomic E-state index is -0.412. The number of carbonyl (C=O) groups excluding carboxylic acids is 1. The van der Waals surface area contributed by atoms with Crippen molar-refractivity contribution in [1.29, 1.82) is 0 Å². The summed E-state index contributed by atoms with van der Waals surface area (Å²) in [6, 6.07) is 0. The fourth-order valence-corrected chi connectivity index (χ4v) is 2.17. The molecule has 0 spiro atoms. The summed E-state index contributed by atoms with van der Waals surface area (Å²) >= 11 is 0. The average Bonchev–Trinajstić information content (AvgIpc) is 2.25. The Labute approximate surface area is 105 Å². The normalized spacial score (nSPS) is 25.1. The summed E-state index contributed by atoms with van der Waals surface area (Å²) in [5, 5.41) is 2.85. The maximum atomic E-state index is 11.5. The highest BCUT2D eigenvalue weighted by Crippen LogP contribution is 2.28.